The van der Waals surface area contributed by atoms with Gasteiger partial charge in [-0.15, -0.1) is 0 Å². The summed E-state index contributed by atoms with van der Waals surface area (Å²) in [5.41, 5.74) is -0.505. The average Bonchev–Trinajstić information content (AvgIpc) is 2.01. The monoisotopic (exact) mass is 276 g/mol. The van der Waals surface area contributed by atoms with Gasteiger partial charge in [0, 0.05) is 4.47 Å². The molecule has 0 amide bonds. The van der Waals surface area contributed by atoms with Crippen molar-refractivity contribution in [3.63, 3.8) is 0 Å². The van der Waals surface area contributed by atoms with Gasteiger partial charge in [0.25, 0.3) is 0 Å². The second kappa shape index (κ2) is 3.05. The topological polar surface area (TPSA) is 54.4 Å². The summed E-state index contributed by atoms with van der Waals surface area (Å²) in [7, 11) is -3.01. The van der Waals surface area contributed by atoms with Crippen molar-refractivity contribution in [1.82, 2.24) is 0 Å². The van der Waals surface area contributed by atoms with Gasteiger partial charge in [0.1, 0.15) is 5.60 Å². The van der Waals surface area contributed by atoms with Gasteiger partial charge in [0.2, 0.25) is 0 Å². The molecular formula is C9H9BrO3S. The summed E-state index contributed by atoms with van der Waals surface area (Å²) >= 11 is 3.27. The number of rotatable bonds is 1. The van der Waals surface area contributed by atoms with Crippen LogP contribution in [0.3, 0.4) is 0 Å². The standard InChI is InChI=1S/C9H9BrO3S/c10-8-3-1-7(2-4-8)9(11)5-14(12,13)6-9/h1-4,11H,5-6H2. The minimum Gasteiger partial charge on any atom is -0.383 e. The first-order valence-corrected chi connectivity index (χ1v) is 6.72. The zero-order valence-electron chi connectivity index (χ0n) is 7.27. The Morgan fingerprint density at radius 3 is 2.14 bits per heavy atom. The average molecular weight is 277 g/mol. The third kappa shape index (κ3) is 1.71. The number of hydrogen-bond acceptors (Lipinski definition) is 3. The summed E-state index contributed by atoms with van der Waals surface area (Å²) < 4.78 is 22.9. The van der Waals surface area contributed by atoms with E-state index in [1.807, 2.05) is 0 Å². The van der Waals surface area contributed by atoms with E-state index in [4.69, 9.17) is 0 Å². The third-order valence-electron chi connectivity index (χ3n) is 2.30. The van der Waals surface area contributed by atoms with Gasteiger partial charge < -0.3 is 5.11 Å². The molecule has 1 saturated heterocycles. The van der Waals surface area contributed by atoms with E-state index in [-0.39, 0.29) is 11.5 Å². The van der Waals surface area contributed by atoms with E-state index in [9.17, 15) is 13.5 Å². The Hall–Kier alpha value is -0.390. The Morgan fingerprint density at radius 2 is 1.71 bits per heavy atom. The molecule has 2 rings (SSSR count). The number of sulfone groups is 1. The highest BCUT2D eigenvalue weighted by atomic mass is 79.9. The molecule has 1 heterocycles. The van der Waals surface area contributed by atoms with Gasteiger partial charge >= 0.3 is 0 Å². The minimum absolute atomic E-state index is 0.165. The first kappa shape index (κ1) is 10.1. The molecule has 1 aromatic rings. The largest absolute Gasteiger partial charge is 0.383 e. The van der Waals surface area contributed by atoms with Gasteiger partial charge in [-0.3, -0.25) is 0 Å². The quantitative estimate of drug-likeness (QED) is 0.835. The molecule has 1 fully saturated rings. The van der Waals surface area contributed by atoms with Crippen molar-refractivity contribution in [2.45, 2.75) is 5.60 Å². The molecular weight excluding hydrogens is 268 g/mol. The van der Waals surface area contributed by atoms with Crippen LogP contribution in [-0.2, 0) is 15.4 Å². The normalized spacial score (nSPS) is 22.7. The number of halogens is 1. The Morgan fingerprint density at radius 1 is 1.21 bits per heavy atom. The number of benzene rings is 1. The van der Waals surface area contributed by atoms with E-state index in [1.165, 1.54) is 0 Å². The number of hydrogen-bond donors (Lipinski definition) is 1. The van der Waals surface area contributed by atoms with E-state index >= 15 is 0 Å². The molecule has 76 valence electrons. The molecule has 1 aromatic carbocycles. The molecule has 1 aliphatic heterocycles. The molecule has 0 saturated carbocycles. The Labute approximate surface area is 90.8 Å². The van der Waals surface area contributed by atoms with Crippen LogP contribution in [0.25, 0.3) is 0 Å². The summed E-state index contributed by atoms with van der Waals surface area (Å²) in [6.45, 7) is 0. The Kier molecular flexibility index (Phi) is 2.21. The van der Waals surface area contributed by atoms with Crippen LogP contribution in [0.1, 0.15) is 5.56 Å². The van der Waals surface area contributed by atoms with Crippen LogP contribution in [0.2, 0.25) is 0 Å². The van der Waals surface area contributed by atoms with Gasteiger partial charge in [-0.1, -0.05) is 28.1 Å². The Balaban J connectivity index is 2.29. The van der Waals surface area contributed by atoms with Gasteiger partial charge in [0.15, 0.2) is 9.84 Å². The van der Waals surface area contributed by atoms with E-state index in [0.717, 1.165) is 4.47 Å². The van der Waals surface area contributed by atoms with Crippen LogP contribution >= 0.6 is 15.9 Å². The molecule has 1 aliphatic rings. The van der Waals surface area contributed by atoms with Crippen molar-refractivity contribution in [1.29, 1.82) is 0 Å². The fourth-order valence-electron chi connectivity index (χ4n) is 1.61. The maximum Gasteiger partial charge on any atom is 0.156 e. The van der Waals surface area contributed by atoms with Crippen molar-refractivity contribution >= 4 is 25.8 Å². The van der Waals surface area contributed by atoms with Crippen LogP contribution in [0.4, 0.5) is 0 Å². The van der Waals surface area contributed by atoms with Gasteiger partial charge in [-0.25, -0.2) is 8.42 Å². The highest BCUT2D eigenvalue weighted by Crippen LogP contribution is 2.34. The van der Waals surface area contributed by atoms with Gasteiger partial charge in [-0.05, 0) is 17.7 Å². The molecule has 1 N–H and O–H groups in total. The molecule has 0 aromatic heterocycles. The zero-order valence-corrected chi connectivity index (χ0v) is 9.68. The van der Waals surface area contributed by atoms with Gasteiger partial charge in [-0.2, -0.15) is 0 Å². The molecule has 5 heteroatoms. The molecule has 0 bridgehead atoms. The number of aliphatic hydroxyl groups is 1. The molecule has 0 unspecified atom stereocenters. The van der Waals surface area contributed by atoms with Crippen molar-refractivity contribution < 1.29 is 13.5 Å². The summed E-state index contributed by atoms with van der Waals surface area (Å²) in [5, 5.41) is 9.91. The fourth-order valence-corrected chi connectivity index (χ4v) is 3.58. The lowest BCUT2D eigenvalue weighted by Crippen LogP contribution is -2.51. The van der Waals surface area contributed by atoms with E-state index in [0.29, 0.717) is 5.56 Å². The van der Waals surface area contributed by atoms with Crippen LogP contribution in [0.15, 0.2) is 28.7 Å². The zero-order chi connectivity index (χ0) is 10.4. The lowest BCUT2D eigenvalue weighted by atomic mass is 9.97. The van der Waals surface area contributed by atoms with Crippen LogP contribution in [-0.4, -0.2) is 25.0 Å². The van der Waals surface area contributed by atoms with Gasteiger partial charge in [0.05, 0.1) is 11.5 Å². The predicted octanol–water partition coefficient (Wildman–Crippen LogP) is 1.07. The van der Waals surface area contributed by atoms with E-state index in [2.05, 4.69) is 15.9 Å². The third-order valence-corrected chi connectivity index (χ3v) is 4.66. The van der Waals surface area contributed by atoms with Crippen molar-refractivity contribution in [3.8, 4) is 0 Å². The first-order chi connectivity index (χ1) is 6.41. The van der Waals surface area contributed by atoms with Crippen LogP contribution in [0, 0.1) is 0 Å². The molecule has 0 spiro atoms. The van der Waals surface area contributed by atoms with Crippen molar-refractivity contribution in [3.05, 3.63) is 34.3 Å². The highest BCUT2D eigenvalue weighted by Gasteiger charge is 2.48. The van der Waals surface area contributed by atoms with E-state index in [1.54, 1.807) is 24.3 Å². The minimum atomic E-state index is -3.01. The summed E-state index contributed by atoms with van der Waals surface area (Å²) in [6.07, 6.45) is 0. The maximum atomic E-state index is 11.0. The Bertz CT molecular complexity index is 437. The molecule has 14 heavy (non-hydrogen) atoms. The fraction of sp³-hybridized carbons (Fsp3) is 0.333. The molecule has 0 aliphatic carbocycles. The molecule has 0 atom stereocenters. The second-order valence-electron chi connectivity index (χ2n) is 3.57. The summed E-state index contributed by atoms with van der Waals surface area (Å²) in [6, 6.07) is 7.05. The lowest BCUT2D eigenvalue weighted by Gasteiger charge is -2.36. The lowest BCUT2D eigenvalue weighted by molar-refractivity contribution is 0.0691. The van der Waals surface area contributed by atoms with Crippen LogP contribution in [0.5, 0.6) is 0 Å². The van der Waals surface area contributed by atoms with Crippen molar-refractivity contribution in [2.75, 3.05) is 11.5 Å². The SMILES string of the molecule is O=S1(=O)CC(O)(c2ccc(Br)cc2)C1. The van der Waals surface area contributed by atoms with Crippen molar-refractivity contribution in [2.24, 2.45) is 0 Å². The molecule has 3 nitrogen and oxygen atoms in total. The van der Waals surface area contributed by atoms with E-state index < -0.39 is 15.4 Å². The summed E-state index contributed by atoms with van der Waals surface area (Å²) in [4.78, 5) is 0. The second-order valence-corrected chi connectivity index (χ2v) is 6.55. The maximum absolute atomic E-state index is 11.0. The van der Waals surface area contributed by atoms with Crippen LogP contribution < -0.4 is 0 Å². The smallest absolute Gasteiger partial charge is 0.156 e. The summed E-state index contributed by atoms with van der Waals surface area (Å²) in [5.74, 6) is -0.330. The highest BCUT2D eigenvalue weighted by molar-refractivity contribution is 9.10. The predicted molar refractivity (Wildman–Crippen MR) is 56.7 cm³/mol. The molecule has 0 radical (unpaired) electrons. The first-order valence-electron chi connectivity index (χ1n) is 4.10.